The van der Waals surface area contributed by atoms with Crippen molar-refractivity contribution in [2.45, 2.75) is 537 Å². The van der Waals surface area contributed by atoms with Gasteiger partial charge in [-0.15, -0.1) is 13.0 Å². The van der Waals surface area contributed by atoms with Crippen molar-refractivity contribution in [3.05, 3.63) is 70.0 Å². The largest absolute Gasteiger partial charge is 0.396 e. The van der Waals surface area contributed by atoms with Gasteiger partial charge >= 0.3 is 0 Å². The minimum atomic E-state index is -0.280. The maximum absolute atomic E-state index is 10.6. The minimum Gasteiger partial charge on any atom is -0.396 e. The van der Waals surface area contributed by atoms with E-state index < -0.39 is 0 Å². The Bertz CT molecular complexity index is 4010. The molecule has 23 heteroatoms. The zero-order valence-corrected chi connectivity index (χ0v) is 108. The third-order valence-electron chi connectivity index (χ3n) is 29.4. The van der Waals surface area contributed by atoms with Gasteiger partial charge in [-0.05, 0) is 341 Å². The average molecular weight is 2150 g/mol. The van der Waals surface area contributed by atoms with E-state index in [4.69, 9.17) is 50.9 Å². The van der Waals surface area contributed by atoms with Crippen molar-refractivity contribution in [3.63, 3.8) is 0 Å². The first-order valence-electron chi connectivity index (χ1n) is 57.3. The topological polar surface area (TPSA) is 215 Å². The number of aliphatic hydroxyl groups is 3. The maximum atomic E-state index is 10.6. The maximum Gasteiger partial charge on any atom is 0.243 e. The second-order valence-electron chi connectivity index (χ2n) is 57.9. The molecule has 4 aliphatic heterocycles. The zero-order chi connectivity index (χ0) is 113. The lowest BCUT2D eigenvalue weighted by Gasteiger charge is -2.64. The minimum absolute atomic E-state index is 0.00102. The van der Waals surface area contributed by atoms with Crippen LogP contribution in [-0.4, -0.2) is 150 Å². The van der Waals surface area contributed by atoms with Gasteiger partial charge < -0.3 is 58.1 Å². The Morgan fingerprint density at radius 2 is 1.00 bits per heavy atom. The van der Waals surface area contributed by atoms with Crippen LogP contribution in [0.15, 0.2) is 45.6 Å². The third-order valence-corrected chi connectivity index (χ3v) is 32.3. The monoisotopic (exact) mass is 2150 g/mol. The molecule has 864 valence electrons. The number of rotatable bonds is 18. The molecular formula is C124H235N5O14S4. The van der Waals surface area contributed by atoms with Crippen LogP contribution in [0, 0.1) is 129 Å². The van der Waals surface area contributed by atoms with Crippen LogP contribution in [0.2, 0.25) is 0 Å². The van der Waals surface area contributed by atoms with Crippen LogP contribution in [0.3, 0.4) is 0 Å². The summed E-state index contributed by atoms with van der Waals surface area (Å²) in [7, 11) is 0. The van der Waals surface area contributed by atoms with Crippen molar-refractivity contribution in [2.75, 3.05) is 72.4 Å². The van der Waals surface area contributed by atoms with Crippen LogP contribution in [-0.2, 0) is 33.6 Å². The van der Waals surface area contributed by atoms with Gasteiger partial charge in [-0.1, -0.05) is 305 Å². The van der Waals surface area contributed by atoms with Gasteiger partial charge in [0.1, 0.15) is 11.9 Å². The first kappa shape index (κ1) is 142. The Morgan fingerprint density at radius 1 is 0.497 bits per heavy atom. The van der Waals surface area contributed by atoms with Crippen molar-refractivity contribution < 1.29 is 66.2 Å². The predicted octanol–water partition coefficient (Wildman–Crippen LogP) is 36.4. The molecule has 7 heterocycles. The van der Waals surface area contributed by atoms with E-state index in [2.05, 4.69) is 291 Å². The van der Waals surface area contributed by atoms with E-state index >= 15 is 0 Å². The molecule has 3 N–H and O–H groups in total. The number of likely N-dealkylation sites (tertiary alicyclic amines) is 1. The second kappa shape index (κ2) is 63.8. The number of ether oxygens (including phenoxy) is 3. The van der Waals surface area contributed by atoms with Crippen LogP contribution in [0.5, 0.6) is 16.6 Å². The predicted molar refractivity (Wildman–Crippen MR) is 632 cm³/mol. The van der Waals surface area contributed by atoms with E-state index in [1.807, 2.05) is 83.1 Å². The molecule has 11 aliphatic rings. The van der Waals surface area contributed by atoms with Crippen LogP contribution in [0.1, 0.15) is 492 Å². The molecule has 147 heavy (non-hydrogen) atoms. The third kappa shape index (κ3) is 59.5. The highest BCUT2D eigenvalue weighted by molar-refractivity contribution is 7.96. The highest BCUT2D eigenvalue weighted by Gasteiger charge is 2.61. The van der Waals surface area contributed by atoms with Gasteiger partial charge in [-0.2, -0.15) is 0 Å². The SMILES string of the molecule is CC.CC.CC(C)(C)C1(CO)CCCC1.CC(C)(C)C12CC3CC(CC(O)(C3)C1)C2.CC(C)(C)C1CCCCC1.CC(C)(C)CC(C)(C)N1CCOCC1.CC(C)(C)CC1(CO)CCC1.CC(C)(C)CCN1CCCC1.CC(C)(C)Cc1ccccc1.CC1OCC1C(C)(C)C.CC1OCC1CC(C)(C)C.Cc1nc(C)c(OOSC(C)(C)C)s1.Cc1noc(C)c1OOSC(C)(C)C.Cc1oncc1OOSC(C)(C)C. The summed E-state index contributed by atoms with van der Waals surface area (Å²) in [5.41, 5.74) is 7.85. The van der Waals surface area contributed by atoms with Crippen LogP contribution in [0.4, 0.5) is 0 Å². The number of benzene rings is 1. The standard InChI is InChI=1S/C14H24O.C12H25NO.C11H16.C10H21N.2C10H20O.C10H20.C9H15NO3S.C9H15NO2S2.C9H18O.C8H13NO3S.C8H16O.2C2H6/c1-12(2,3)13-5-10-4-11(6-13)8-14(15,7-10)9-13;1-11(2,3)10-12(4,5)13-6-8-14-9-7-13;1-11(2,3)9-10-7-5-4-6-8-10;1-10(2,3)6-9-11-7-4-5-8-11;1-9(2,3)7-10(8-11)5-4-6-10;1-9(2,3)10(8-11)6-4-5-7-10;1-10(2,3)9-7-5-4-6-8-9;1-6-8(7(2)11-10-6)12-13-14-9(3,4)5;1-6-8(13-7(2)10-6)11-12-14-9(3,4)5;1-7-8(6-10-7)5-9(2,3)4;1-6-7(5-9-10-6)11-12-13-8(2,3)4;1-6-7(5-9-6)8(2,3)4;2*1-2/h10-11,15H,4-9H2,1-3H3;6-10H2,1-5H3;4-8H,9H2,1-3H3;4-9H2,1-3H3;2*11H,4-8H2,1-3H3;9H,4-8H2,1-3H3;2*1-5H3;7-8H,5-6H2,1-4H3;5H,1-4H3;6-7H,5H2,1-4H3;2*1-2H3. The van der Waals surface area contributed by atoms with Crippen molar-refractivity contribution >= 4 is 47.5 Å². The Labute approximate surface area is 923 Å². The summed E-state index contributed by atoms with van der Waals surface area (Å²) in [6.45, 7) is 117. The first-order valence-corrected chi connectivity index (χ1v) is 60.3. The number of hydrogen-bond acceptors (Lipinski definition) is 23. The Balaban J connectivity index is 0.000000801. The van der Waals surface area contributed by atoms with E-state index in [9.17, 15) is 15.3 Å². The normalized spacial score (nSPS) is 22.9. The second-order valence-corrected chi connectivity index (χ2v) is 63.7. The van der Waals surface area contributed by atoms with E-state index in [1.165, 1.54) is 214 Å². The molecule has 3 aromatic heterocycles. The van der Waals surface area contributed by atoms with Crippen LogP contribution in [0.25, 0.3) is 0 Å². The lowest BCUT2D eigenvalue weighted by molar-refractivity contribution is -0.195. The molecule has 1 aromatic carbocycles. The molecular weight excluding hydrogens is 1910 g/mol. The molecule has 4 saturated heterocycles. The van der Waals surface area contributed by atoms with E-state index in [1.54, 1.807) is 20.8 Å². The Hall–Kier alpha value is -2.72. The highest BCUT2D eigenvalue weighted by atomic mass is 32.2. The lowest BCUT2D eigenvalue weighted by Crippen LogP contribution is -2.59. The summed E-state index contributed by atoms with van der Waals surface area (Å²) in [5, 5.41) is 38.2. The first-order chi connectivity index (χ1) is 67.2. The Kier molecular flexibility index (Phi) is 61.7. The summed E-state index contributed by atoms with van der Waals surface area (Å²) < 4.78 is 40.7. The quantitative estimate of drug-likeness (QED) is 0.0479. The van der Waals surface area contributed by atoms with Gasteiger partial charge in [0.05, 0.1) is 91.1 Å². The van der Waals surface area contributed by atoms with Crippen LogP contribution < -0.4 is 14.7 Å². The smallest absolute Gasteiger partial charge is 0.243 e. The zero-order valence-electron chi connectivity index (χ0n) is 105. The van der Waals surface area contributed by atoms with Crippen molar-refractivity contribution in [1.82, 2.24) is 25.1 Å². The number of aliphatic hydroxyl groups excluding tert-OH is 2. The number of thiazole rings is 1. The fourth-order valence-corrected chi connectivity index (χ4v) is 23.2. The van der Waals surface area contributed by atoms with Gasteiger partial charge in [0, 0.05) is 71.8 Å². The summed E-state index contributed by atoms with van der Waals surface area (Å²) in [4.78, 5) is 24.6. The number of aromatic nitrogens is 3. The molecule has 6 unspecified atom stereocenters. The molecule has 19 nitrogen and oxygen atoms in total. The molecule has 4 aromatic rings. The number of morpholine rings is 1. The summed E-state index contributed by atoms with van der Waals surface area (Å²) >= 11 is 5.30. The van der Waals surface area contributed by atoms with Crippen molar-refractivity contribution in [1.29, 1.82) is 0 Å². The molecule has 7 saturated carbocycles. The number of aryl methyl sites for hydroxylation is 5. The van der Waals surface area contributed by atoms with Gasteiger partial charge in [-0.3, -0.25) is 4.90 Å². The summed E-state index contributed by atoms with van der Waals surface area (Å²) in [6.07, 6.45) is 35.2. The molecule has 15 rings (SSSR count). The van der Waals surface area contributed by atoms with E-state index in [-0.39, 0.29) is 30.7 Å². The van der Waals surface area contributed by atoms with Crippen molar-refractivity contribution in [2.24, 2.45) is 94.6 Å². The average Bonchev–Trinajstić information content (AvgIpc) is 1.13. The van der Waals surface area contributed by atoms with Gasteiger partial charge in [0.15, 0.2) is 11.5 Å². The highest BCUT2D eigenvalue weighted by Crippen LogP contribution is 2.67. The number of nitrogens with zero attached hydrogens (tertiary/aromatic N) is 5. The molecule has 11 fully saturated rings. The van der Waals surface area contributed by atoms with Gasteiger partial charge in [-0.25, -0.2) is 4.98 Å². The van der Waals surface area contributed by atoms with E-state index in [0.29, 0.717) is 114 Å². The fraction of sp³-hybridized carbons (Fsp3) is 0.879. The molecule has 7 aliphatic carbocycles. The summed E-state index contributed by atoms with van der Waals surface area (Å²) in [5.74, 6) is 6.55. The van der Waals surface area contributed by atoms with Crippen LogP contribution >= 0.6 is 47.5 Å². The molecule has 4 bridgehead atoms. The van der Waals surface area contributed by atoms with Crippen molar-refractivity contribution in [3.8, 4) is 16.6 Å². The van der Waals surface area contributed by atoms with E-state index in [0.717, 1.165) is 111 Å². The fourth-order valence-electron chi connectivity index (χ4n) is 21.5. The molecule has 0 spiro atoms. The molecule has 0 amide bonds. The molecule has 6 atom stereocenters. The Morgan fingerprint density at radius 3 is 1.31 bits per heavy atom. The van der Waals surface area contributed by atoms with Gasteiger partial charge in [0.25, 0.3) is 0 Å². The molecule has 0 radical (unpaired) electrons. The summed E-state index contributed by atoms with van der Waals surface area (Å²) in [6, 6.07) is 10.6. The van der Waals surface area contributed by atoms with Gasteiger partial charge in [0.2, 0.25) is 16.6 Å². The number of hydrogen-bond donors (Lipinski definition) is 3. The lowest BCUT2D eigenvalue weighted by atomic mass is 9.42.